The Bertz CT molecular complexity index is 561. The van der Waals surface area contributed by atoms with Crippen LogP contribution in [0, 0.1) is 0 Å². The number of nitrogens with one attached hydrogen (secondary N) is 2. The zero-order chi connectivity index (χ0) is 13.1. The van der Waals surface area contributed by atoms with Gasteiger partial charge in [0, 0.05) is 23.8 Å². The molecule has 0 unspecified atom stereocenters. The Balaban J connectivity index is 1.63. The van der Waals surface area contributed by atoms with E-state index < -0.39 is 0 Å². The summed E-state index contributed by atoms with van der Waals surface area (Å²) in [6, 6.07) is 10.2. The molecule has 19 heavy (non-hydrogen) atoms. The highest BCUT2D eigenvalue weighted by molar-refractivity contribution is 7.07. The van der Waals surface area contributed by atoms with Gasteiger partial charge >= 0.3 is 0 Å². The number of benzene rings is 1. The van der Waals surface area contributed by atoms with E-state index in [9.17, 15) is 4.79 Å². The van der Waals surface area contributed by atoms with Gasteiger partial charge in [-0.1, -0.05) is 6.07 Å². The Labute approximate surface area is 116 Å². The molecule has 1 amide bonds. The van der Waals surface area contributed by atoms with Crippen molar-refractivity contribution >= 4 is 22.9 Å². The summed E-state index contributed by atoms with van der Waals surface area (Å²) < 4.78 is 0. The molecule has 2 aromatic rings. The van der Waals surface area contributed by atoms with Crippen molar-refractivity contribution in [1.29, 1.82) is 0 Å². The molecule has 1 aliphatic carbocycles. The fourth-order valence-electron chi connectivity index (χ4n) is 1.86. The molecule has 0 spiro atoms. The largest absolute Gasteiger partial charge is 0.381 e. The molecule has 0 bridgehead atoms. The summed E-state index contributed by atoms with van der Waals surface area (Å²) in [6.07, 6.45) is 2.23. The van der Waals surface area contributed by atoms with Gasteiger partial charge in [0.15, 0.2) is 0 Å². The van der Waals surface area contributed by atoms with E-state index in [0.29, 0.717) is 6.04 Å². The minimum absolute atomic E-state index is 0.0293. The number of carbonyl (C=O) groups excluding carboxylic acids is 1. The molecule has 2 N–H and O–H groups in total. The van der Waals surface area contributed by atoms with Crippen LogP contribution in [0.4, 0.5) is 5.69 Å². The van der Waals surface area contributed by atoms with Crippen LogP contribution in [0.5, 0.6) is 0 Å². The van der Waals surface area contributed by atoms with E-state index in [0.717, 1.165) is 30.6 Å². The van der Waals surface area contributed by atoms with Gasteiger partial charge in [0.1, 0.15) is 0 Å². The predicted molar refractivity (Wildman–Crippen MR) is 78.6 cm³/mol. The average Bonchev–Trinajstić information content (AvgIpc) is 3.09. The molecule has 3 rings (SSSR count). The van der Waals surface area contributed by atoms with Gasteiger partial charge in [0.25, 0.3) is 5.91 Å². The van der Waals surface area contributed by atoms with Crippen molar-refractivity contribution in [3.63, 3.8) is 0 Å². The van der Waals surface area contributed by atoms with Gasteiger partial charge < -0.3 is 10.6 Å². The highest BCUT2D eigenvalue weighted by Crippen LogP contribution is 2.20. The molecule has 1 aromatic heterocycles. The Morgan fingerprint density at radius 2 is 2.21 bits per heavy atom. The lowest BCUT2D eigenvalue weighted by Crippen LogP contribution is -2.25. The molecule has 0 atom stereocenters. The summed E-state index contributed by atoms with van der Waals surface area (Å²) in [4.78, 5) is 11.9. The van der Waals surface area contributed by atoms with Crippen molar-refractivity contribution < 1.29 is 4.79 Å². The monoisotopic (exact) mass is 272 g/mol. The van der Waals surface area contributed by atoms with Crippen LogP contribution in [0.15, 0.2) is 41.1 Å². The first-order chi connectivity index (χ1) is 9.31. The van der Waals surface area contributed by atoms with E-state index in [1.165, 1.54) is 5.56 Å². The van der Waals surface area contributed by atoms with E-state index >= 15 is 0 Å². The third-order valence-electron chi connectivity index (χ3n) is 3.11. The van der Waals surface area contributed by atoms with Crippen molar-refractivity contribution in [2.24, 2.45) is 0 Å². The topological polar surface area (TPSA) is 41.1 Å². The maximum Gasteiger partial charge on any atom is 0.251 e. The highest BCUT2D eigenvalue weighted by atomic mass is 32.1. The zero-order valence-corrected chi connectivity index (χ0v) is 11.4. The van der Waals surface area contributed by atoms with Crippen molar-refractivity contribution in [2.75, 3.05) is 5.32 Å². The molecule has 4 heteroatoms. The highest BCUT2D eigenvalue weighted by Gasteiger charge is 2.23. The summed E-state index contributed by atoms with van der Waals surface area (Å²) in [5.41, 5.74) is 2.97. The molecule has 0 aliphatic heterocycles. The number of rotatable bonds is 5. The number of amides is 1. The minimum atomic E-state index is 0.0293. The second-order valence-corrected chi connectivity index (χ2v) is 5.59. The predicted octanol–water partition coefficient (Wildman–Crippen LogP) is 3.25. The van der Waals surface area contributed by atoms with Crippen molar-refractivity contribution in [3.05, 3.63) is 52.2 Å². The Kier molecular flexibility index (Phi) is 3.51. The van der Waals surface area contributed by atoms with Crippen LogP contribution in [0.2, 0.25) is 0 Å². The van der Waals surface area contributed by atoms with Gasteiger partial charge in [-0.25, -0.2) is 0 Å². The summed E-state index contributed by atoms with van der Waals surface area (Å²) in [7, 11) is 0. The zero-order valence-electron chi connectivity index (χ0n) is 10.6. The van der Waals surface area contributed by atoms with Crippen LogP contribution in [0.1, 0.15) is 28.8 Å². The number of hydrogen-bond acceptors (Lipinski definition) is 3. The first-order valence-electron chi connectivity index (χ1n) is 6.47. The van der Waals surface area contributed by atoms with E-state index in [4.69, 9.17) is 0 Å². The van der Waals surface area contributed by atoms with Crippen molar-refractivity contribution in [2.45, 2.75) is 25.4 Å². The molecule has 1 fully saturated rings. The normalized spacial score (nSPS) is 14.1. The van der Waals surface area contributed by atoms with E-state index in [-0.39, 0.29) is 5.91 Å². The van der Waals surface area contributed by atoms with Crippen LogP contribution in [-0.2, 0) is 6.54 Å². The number of hydrogen-bond donors (Lipinski definition) is 2. The Morgan fingerprint density at radius 1 is 1.32 bits per heavy atom. The molecule has 1 aliphatic rings. The maximum absolute atomic E-state index is 11.9. The Morgan fingerprint density at radius 3 is 2.95 bits per heavy atom. The van der Waals surface area contributed by atoms with Gasteiger partial charge in [0.05, 0.1) is 0 Å². The fraction of sp³-hybridized carbons (Fsp3) is 0.267. The molecule has 0 radical (unpaired) electrons. The van der Waals surface area contributed by atoms with E-state index in [2.05, 4.69) is 27.5 Å². The van der Waals surface area contributed by atoms with Crippen LogP contribution < -0.4 is 10.6 Å². The second kappa shape index (κ2) is 5.45. The first kappa shape index (κ1) is 12.2. The fourth-order valence-corrected chi connectivity index (χ4v) is 2.53. The first-order valence-corrected chi connectivity index (χ1v) is 7.41. The van der Waals surface area contributed by atoms with Crippen LogP contribution >= 0.6 is 11.3 Å². The number of anilines is 1. The van der Waals surface area contributed by atoms with Crippen LogP contribution in [-0.4, -0.2) is 11.9 Å². The minimum Gasteiger partial charge on any atom is -0.381 e. The smallest absolute Gasteiger partial charge is 0.251 e. The lowest BCUT2D eigenvalue weighted by atomic mass is 10.2. The van der Waals surface area contributed by atoms with E-state index in [1.54, 1.807) is 11.3 Å². The average molecular weight is 272 g/mol. The molecule has 0 saturated heterocycles. The Hall–Kier alpha value is -1.81. The standard InChI is InChI=1S/C15H16N2OS/c18-15(17-13-4-5-13)12-2-1-3-14(8-12)16-9-11-6-7-19-10-11/h1-3,6-8,10,13,16H,4-5,9H2,(H,17,18). The van der Waals surface area contributed by atoms with E-state index in [1.807, 2.05) is 24.3 Å². The molecule has 3 nitrogen and oxygen atoms in total. The van der Waals surface area contributed by atoms with Gasteiger partial charge in [-0.15, -0.1) is 0 Å². The summed E-state index contributed by atoms with van der Waals surface area (Å²) in [6.45, 7) is 0.789. The quantitative estimate of drug-likeness (QED) is 0.877. The third-order valence-corrected chi connectivity index (χ3v) is 3.85. The lowest BCUT2D eigenvalue weighted by molar-refractivity contribution is 0.0951. The molecular formula is C15H16N2OS. The van der Waals surface area contributed by atoms with Crippen LogP contribution in [0.3, 0.4) is 0 Å². The maximum atomic E-state index is 11.9. The van der Waals surface area contributed by atoms with Crippen molar-refractivity contribution in [1.82, 2.24) is 5.32 Å². The molecule has 1 heterocycles. The van der Waals surface area contributed by atoms with Crippen molar-refractivity contribution in [3.8, 4) is 0 Å². The number of carbonyl (C=O) groups is 1. The van der Waals surface area contributed by atoms with Gasteiger partial charge in [-0.05, 0) is 53.4 Å². The summed E-state index contributed by atoms with van der Waals surface area (Å²) >= 11 is 1.69. The van der Waals surface area contributed by atoms with Gasteiger partial charge in [-0.3, -0.25) is 4.79 Å². The second-order valence-electron chi connectivity index (χ2n) is 4.81. The molecule has 98 valence electrons. The summed E-state index contributed by atoms with van der Waals surface area (Å²) in [5.74, 6) is 0.0293. The molecular weight excluding hydrogens is 256 g/mol. The molecule has 1 saturated carbocycles. The van der Waals surface area contributed by atoms with Crippen LogP contribution in [0.25, 0.3) is 0 Å². The third kappa shape index (κ3) is 3.35. The van der Waals surface area contributed by atoms with Gasteiger partial charge in [0.2, 0.25) is 0 Å². The summed E-state index contributed by atoms with van der Waals surface area (Å²) in [5, 5.41) is 10.5. The van der Waals surface area contributed by atoms with Gasteiger partial charge in [-0.2, -0.15) is 11.3 Å². The number of thiophene rings is 1. The lowest BCUT2D eigenvalue weighted by Gasteiger charge is -2.08. The molecule has 1 aromatic carbocycles. The SMILES string of the molecule is O=C(NC1CC1)c1cccc(NCc2ccsc2)c1.